The summed E-state index contributed by atoms with van der Waals surface area (Å²) in [6, 6.07) is 8.40. The van der Waals surface area contributed by atoms with Crippen molar-refractivity contribution in [3.63, 3.8) is 0 Å². The molecule has 4 rings (SSSR count). The summed E-state index contributed by atoms with van der Waals surface area (Å²) in [4.78, 5) is 17.0. The lowest BCUT2D eigenvalue weighted by atomic mass is 10.3. The average molecular weight is 338 g/mol. The number of carbonyl (C=O) groups excluding carboxylic acids is 1. The maximum Gasteiger partial charge on any atom is 0.319 e. The molecule has 130 valence electrons. The van der Waals surface area contributed by atoms with Crippen molar-refractivity contribution in [3.8, 4) is 0 Å². The summed E-state index contributed by atoms with van der Waals surface area (Å²) < 4.78 is 3.97. The van der Waals surface area contributed by atoms with E-state index in [0.29, 0.717) is 12.6 Å². The topological polar surface area (TPSA) is 76.8 Å². The Morgan fingerprint density at radius 3 is 2.88 bits per heavy atom. The van der Waals surface area contributed by atoms with Crippen LogP contribution >= 0.6 is 0 Å². The van der Waals surface area contributed by atoms with Crippen molar-refractivity contribution in [2.24, 2.45) is 7.05 Å². The van der Waals surface area contributed by atoms with Crippen molar-refractivity contribution in [3.05, 3.63) is 42.0 Å². The van der Waals surface area contributed by atoms with Crippen molar-refractivity contribution in [2.75, 3.05) is 5.32 Å². The summed E-state index contributed by atoms with van der Waals surface area (Å²) in [7, 11) is 1.85. The number of amides is 2. The third kappa shape index (κ3) is 3.09. The van der Waals surface area contributed by atoms with Gasteiger partial charge in [-0.3, -0.25) is 4.68 Å². The molecule has 0 atom stereocenters. The highest BCUT2D eigenvalue weighted by molar-refractivity contribution is 5.89. The Balaban J connectivity index is 1.48. The third-order valence-corrected chi connectivity index (χ3v) is 4.48. The van der Waals surface area contributed by atoms with E-state index < -0.39 is 0 Å². The van der Waals surface area contributed by atoms with Gasteiger partial charge in [0.15, 0.2) is 0 Å². The number of rotatable bonds is 5. The quantitative estimate of drug-likeness (QED) is 0.751. The van der Waals surface area contributed by atoms with Gasteiger partial charge in [0.25, 0.3) is 0 Å². The van der Waals surface area contributed by atoms with Gasteiger partial charge in [-0.05, 0) is 31.4 Å². The number of anilines is 1. The largest absolute Gasteiger partial charge is 0.331 e. The molecule has 0 bridgehead atoms. The molecule has 1 fully saturated rings. The van der Waals surface area contributed by atoms with Crippen LogP contribution < -0.4 is 10.6 Å². The van der Waals surface area contributed by atoms with Crippen molar-refractivity contribution < 1.29 is 4.79 Å². The Hall–Kier alpha value is -2.83. The lowest BCUT2D eigenvalue weighted by Gasteiger charge is -2.09. The van der Waals surface area contributed by atoms with Crippen molar-refractivity contribution in [2.45, 2.75) is 38.8 Å². The fourth-order valence-electron chi connectivity index (χ4n) is 3.19. The molecular weight excluding hydrogens is 316 g/mol. The molecule has 1 aliphatic carbocycles. The molecule has 25 heavy (non-hydrogen) atoms. The molecule has 1 saturated carbocycles. The van der Waals surface area contributed by atoms with Gasteiger partial charge < -0.3 is 15.2 Å². The zero-order valence-electron chi connectivity index (χ0n) is 14.5. The van der Waals surface area contributed by atoms with E-state index >= 15 is 0 Å². The average Bonchev–Trinajstić information content (AvgIpc) is 3.28. The molecular formula is C18H22N6O. The van der Waals surface area contributed by atoms with Crippen LogP contribution in [0.5, 0.6) is 0 Å². The molecule has 1 aromatic carbocycles. The number of nitrogens with one attached hydrogen (secondary N) is 2. The highest BCUT2D eigenvalue weighted by Crippen LogP contribution is 2.38. The van der Waals surface area contributed by atoms with E-state index in [9.17, 15) is 4.79 Å². The van der Waals surface area contributed by atoms with Gasteiger partial charge in [0, 0.05) is 19.3 Å². The predicted molar refractivity (Wildman–Crippen MR) is 96.4 cm³/mol. The minimum absolute atomic E-state index is 0.239. The van der Waals surface area contributed by atoms with Crippen LogP contribution in [0.4, 0.5) is 10.5 Å². The smallest absolute Gasteiger partial charge is 0.319 e. The van der Waals surface area contributed by atoms with Gasteiger partial charge in [-0.2, -0.15) is 5.10 Å². The van der Waals surface area contributed by atoms with Gasteiger partial charge in [0.2, 0.25) is 0 Å². The number of urea groups is 1. The fraction of sp³-hybridized carbons (Fsp3) is 0.389. The molecule has 0 aliphatic heterocycles. The zero-order valence-corrected chi connectivity index (χ0v) is 14.5. The lowest BCUT2D eigenvalue weighted by Crippen LogP contribution is -2.29. The molecule has 2 aromatic heterocycles. The Kier molecular flexibility index (Phi) is 3.91. The van der Waals surface area contributed by atoms with Crippen molar-refractivity contribution in [1.82, 2.24) is 24.6 Å². The highest BCUT2D eigenvalue weighted by atomic mass is 16.2. The Bertz CT molecular complexity index is 921. The number of hydrogen-bond donors (Lipinski definition) is 2. The van der Waals surface area contributed by atoms with E-state index in [2.05, 4.69) is 26.4 Å². The Labute approximate surface area is 146 Å². The minimum atomic E-state index is -0.239. The summed E-state index contributed by atoms with van der Waals surface area (Å²) >= 11 is 0. The van der Waals surface area contributed by atoms with Crippen LogP contribution in [0.2, 0.25) is 0 Å². The van der Waals surface area contributed by atoms with Gasteiger partial charge in [0.1, 0.15) is 5.82 Å². The summed E-state index contributed by atoms with van der Waals surface area (Å²) in [6.07, 6.45) is 4.94. The van der Waals surface area contributed by atoms with Crippen LogP contribution in [0.25, 0.3) is 11.0 Å². The zero-order chi connectivity index (χ0) is 17.4. The van der Waals surface area contributed by atoms with Crippen LogP contribution in [0.15, 0.2) is 30.5 Å². The molecule has 2 amide bonds. The molecule has 2 N–H and O–H groups in total. The van der Waals surface area contributed by atoms with E-state index in [1.54, 1.807) is 4.68 Å². The molecule has 1 aliphatic rings. The number of hydrogen-bond acceptors (Lipinski definition) is 3. The number of nitrogens with zero attached hydrogens (tertiary/aromatic N) is 4. The maximum absolute atomic E-state index is 12.3. The molecule has 3 aromatic rings. The first-order valence-corrected chi connectivity index (χ1v) is 8.69. The number of benzene rings is 1. The molecule has 0 spiro atoms. The number of aryl methyl sites for hydroxylation is 2. The monoisotopic (exact) mass is 338 g/mol. The number of fused-ring (bicyclic) bond motifs is 1. The van der Waals surface area contributed by atoms with Gasteiger partial charge in [-0.25, -0.2) is 9.78 Å². The van der Waals surface area contributed by atoms with Gasteiger partial charge >= 0.3 is 6.03 Å². The molecule has 0 saturated heterocycles. The Morgan fingerprint density at radius 1 is 1.32 bits per heavy atom. The van der Waals surface area contributed by atoms with Gasteiger partial charge in [-0.15, -0.1) is 0 Å². The maximum atomic E-state index is 12.3. The molecule has 7 heteroatoms. The van der Waals surface area contributed by atoms with E-state index in [1.165, 1.54) is 12.8 Å². The summed E-state index contributed by atoms with van der Waals surface area (Å²) in [5.41, 5.74) is 3.75. The molecule has 0 radical (unpaired) electrons. The molecule has 7 nitrogen and oxygen atoms in total. The second-order valence-electron chi connectivity index (χ2n) is 6.44. The summed E-state index contributed by atoms with van der Waals surface area (Å²) in [5, 5.41) is 10.1. The van der Waals surface area contributed by atoms with E-state index in [4.69, 9.17) is 4.98 Å². The first-order valence-electron chi connectivity index (χ1n) is 8.69. The summed E-state index contributed by atoms with van der Waals surface area (Å²) in [6.45, 7) is 2.42. The van der Waals surface area contributed by atoms with Crippen molar-refractivity contribution >= 4 is 22.8 Å². The minimum Gasteiger partial charge on any atom is -0.331 e. The van der Waals surface area contributed by atoms with Gasteiger partial charge in [-0.1, -0.05) is 19.1 Å². The SMILES string of the molecule is CCc1nn(C)cc1NC(=O)NCc1nc2ccccc2n1C1CC1. The third-order valence-electron chi connectivity index (χ3n) is 4.48. The van der Waals surface area contributed by atoms with E-state index in [0.717, 1.165) is 34.7 Å². The second-order valence-corrected chi connectivity index (χ2v) is 6.44. The highest BCUT2D eigenvalue weighted by Gasteiger charge is 2.28. The first-order chi connectivity index (χ1) is 12.2. The first kappa shape index (κ1) is 15.7. The number of para-hydroxylation sites is 2. The standard InChI is InChI=1S/C18H22N6O/c1-3-13-15(11-23(2)22-13)21-18(25)19-10-17-20-14-6-4-5-7-16(14)24(17)12-8-9-12/h4-7,11-12H,3,8-10H2,1-2H3,(H2,19,21,25). The van der Waals surface area contributed by atoms with Crippen LogP contribution in [-0.4, -0.2) is 25.4 Å². The van der Waals surface area contributed by atoms with E-state index in [1.807, 2.05) is 38.4 Å². The van der Waals surface area contributed by atoms with Crippen molar-refractivity contribution in [1.29, 1.82) is 0 Å². The van der Waals surface area contributed by atoms with Gasteiger partial charge in [0.05, 0.1) is 29.0 Å². The lowest BCUT2D eigenvalue weighted by molar-refractivity contribution is 0.251. The molecule has 0 unspecified atom stereocenters. The number of imidazole rings is 1. The van der Waals surface area contributed by atoms with E-state index in [-0.39, 0.29) is 6.03 Å². The molecule has 2 heterocycles. The Morgan fingerprint density at radius 2 is 2.12 bits per heavy atom. The predicted octanol–water partition coefficient (Wildman–Crippen LogP) is 2.99. The number of carbonyl (C=O) groups is 1. The van der Waals surface area contributed by atoms with Crippen LogP contribution in [-0.2, 0) is 20.0 Å². The van der Waals surface area contributed by atoms with Crippen LogP contribution in [0, 0.1) is 0 Å². The number of aromatic nitrogens is 4. The fourth-order valence-corrected chi connectivity index (χ4v) is 3.19. The summed E-state index contributed by atoms with van der Waals surface area (Å²) in [5.74, 6) is 0.903. The normalized spacial score (nSPS) is 14.0. The van der Waals surface area contributed by atoms with Crippen LogP contribution in [0.3, 0.4) is 0 Å². The second kappa shape index (κ2) is 6.23. The van der Waals surface area contributed by atoms with Crippen LogP contribution in [0.1, 0.15) is 37.3 Å².